The molecule has 0 rings (SSSR count). The molecule has 0 N–H and O–H groups in total. The van der Waals surface area contributed by atoms with Crippen molar-refractivity contribution in [1.82, 2.24) is 0 Å². The summed E-state index contributed by atoms with van der Waals surface area (Å²) in [6.07, 6.45) is 0. The molecule has 0 spiro atoms. The van der Waals surface area contributed by atoms with Crippen LogP contribution in [0.15, 0.2) is 0 Å². The second-order valence-electron chi connectivity index (χ2n) is 0.408. The third-order valence-corrected chi connectivity index (χ3v) is 0. The Kier molecular flexibility index (Phi) is 67.8. The number of hydrogen-bond acceptors (Lipinski definition) is 1. The van der Waals surface area contributed by atoms with E-state index >= 15 is 0 Å². The van der Waals surface area contributed by atoms with Crippen molar-refractivity contribution in [3.63, 3.8) is 0 Å². The van der Waals surface area contributed by atoms with E-state index in [2.05, 4.69) is 4.74 Å². The Bertz CT molecular complexity index is 9.61. The molecular formula is C2H6BrCuO. The molecule has 0 amide bonds. The van der Waals surface area contributed by atoms with Crippen molar-refractivity contribution in [3.05, 3.63) is 0 Å². The van der Waals surface area contributed by atoms with Crippen molar-refractivity contribution in [3.8, 4) is 0 Å². The topological polar surface area (TPSA) is 9.23 Å². The molecule has 0 heterocycles. The molecule has 38 valence electrons. The second kappa shape index (κ2) is 20.3. The van der Waals surface area contributed by atoms with Crippen molar-refractivity contribution in [2.75, 3.05) is 14.2 Å². The molecule has 0 aromatic rings. The monoisotopic (exact) mass is 188 g/mol. The van der Waals surface area contributed by atoms with Gasteiger partial charge in [-0.15, -0.1) is 0 Å². The standard InChI is InChI=1S/C2H6O.BrH.Cu/c1-3-2;;/h1-2H3;1H;/q;;+1/p-1. The van der Waals surface area contributed by atoms with Crippen molar-refractivity contribution < 1.29 is 38.8 Å². The maximum atomic E-state index is 4.25. The van der Waals surface area contributed by atoms with E-state index < -0.39 is 0 Å². The predicted molar refractivity (Wildman–Crippen MR) is 12.9 cm³/mol. The molecule has 0 fully saturated rings. The van der Waals surface area contributed by atoms with Crippen LogP contribution in [-0.2, 0) is 21.8 Å². The van der Waals surface area contributed by atoms with Crippen LogP contribution in [0.4, 0.5) is 0 Å². The first-order valence-electron chi connectivity index (χ1n) is 0.816. The molecule has 0 radical (unpaired) electrons. The molecule has 5 heavy (non-hydrogen) atoms. The fourth-order valence-electron chi connectivity index (χ4n) is 0. The van der Waals surface area contributed by atoms with Crippen LogP contribution in [0.2, 0.25) is 0 Å². The van der Waals surface area contributed by atoms with E-state index in [0.717, 1.165) is 0 Å². The third-order valence-electron chi connectivity index (χ3n) is 0. The van der Waals surface area contributed by atoms with Gasteiger partial charge in [0.1, 0.15) is 0 Å². The minimum Gasteiger partial charge on any atom is -1.00 e. The largest absolute Gasteiger partial charge is 1.00 e. The van der Waals surface area contributed by atoms with E-state index in [1.807, 2.05) is 0 Å². The maximum Gasteiger partial charge on any atom is 1.00 e. The number of ether oxygens (including phenoxy) is 1. The summed E-state index contributed by atoms with van der Waals surface area (Å²) >= 11 is 0. The van der Waals surface area contributed by atoms with Crippen LogP contribution in [0.5, 0.6) is 0 Å². The molecule has 0 aromatic carbocycles. The van der Waals surface area contributed by atoms with E-state index in [1.165, 1.54) is 0 Å². The van der Waals surface area contributed by atoms with Gasteiger partial charge in [0.2, 0.25) is 0 Å². The van der Waals surface area contributed by atoms with Gasteiger partial charge < -0.3 is 21.7 Å². The molecule has 0 unspecified atom stereocenters. The molecule has 0 aliphatic rings. The van der Waals surface area contributed by atoms with Gasteiger partial charge in [0.15, 0.2) is 0 Å². The molecule has 0 atom stereocenters. The molecule has 0 bridgehead atoms. The summed E-state index contributed by atoms with van der Waals surface area (Å²) in [7, 11) is 3.25. The Morgan fingerprint density at radius 2 is 1.20 bits per heavy atom. The Morgan fingerprint density at radius 1 is 1.20 bits per heavy atom. The van der Waals surface area contributed by atoms with E-state index in [9.17, 15) is 0 Å². The van der Waals surface area contributed by atoms with Gasteiger partial charge in [-0.1, -0.05) is 0 Å². The summed E-state index contributed by atoms with van der Waals surface area (Å²) in [6, 6.07) is 0. The van der Waals surface area contributed by atoms with Gasteiger partial charge in [-0.3, -0.25) is 0 Å². The van der Waals surface area contributed by atoms with Crippen LogP contribution >= 0.6 is 0 Å². The average molecular weight is 190 g/mol. The van der Waals surface area contributed by atoms with Crippen LogP contribution in [0.1, 0.15) is 0 Å². The van der Waals surface area contributed by atoms with Crippen molar-refractivity contribution >= 4 is 0 Å². The summed E-state index contributed by atoms with van der Waals surface area (Å²) in [4.78, 5) is 0. The van der Waals surface area contributed by atoms with E-state index in [1.54, 1.807) is 14.2 Å². The second-order valence-corrected chi connectivity index (χ2v) is 0.408. The van der Waals surface area contributed by atoms with Crippen LogP contribution in [0, 0.1) is 0 Å². The normalized spacial score (nSPS) is 3.60. The molecule has 0 saturated heterocycles. The van der Waals surface area contributed by atoms with Crippen LogP contribution < -0.4 is 17.0 Å². The van der Waals surface area contributed by atoms with E-state index in [4.69, 9.17) is 0 Å². The minimum atomic E-state index is 0. The third kappa shape index (κ3) is 47.2. The first-order chi connectivity index (χ1) is 1.41. The van der Waals surface area contributed by atoms with E-state index in [-0.39, 0.29) is 34.1 Å². The SMILES string of the molecule is COC.[Br-].[Cu+]. The van der Waals surface area contributed by atoms with Crippen molar-refractivity contribution in [1.29, 1.82) is 0 Å². The summed E-state index contributed by atoms with van der Waals surface area (Å²) in [5, 5.41) is 0. The van der Waals surface area contributed by atoms with Crippen LogP contribution in [-0.4, -0.2) is 14.2 Å². The molecule has 0 aliphatic carbocycles. The average Bonchev–Trinajstić information content (AvgIpc) is 0.918. The summed E-state index contributed by atoms with van der Waals surface area (Å²) in [5.74, 6) is 0. The Hall–Kier alpha value is 0.959. The fraction of sp³-hybridized carbons (Fsp3) is 1.00. The van der Waals surface area contributed by atoms with Gasteiger partial charge in [0, 0.05) is 14.2 Å². The molecule has 0 aliphatic heterocycles. The quantitative estimate of drug-likeness (QED) is 0.376. The Labute approximate surface area is 53.3 Å². The van der Waals surface area contributed by atoms with Gasteiger partial charge in [-0.05, 0) is 0 Å². The van der Waals surface area contributed by atoms with E-state index in [0.29, 0.717) is 0 Å². The Balaban J connectivity index is -0.0000000200. The summed E-state index contributed by atoms with van der Waals surface area (Å²) in [5.41, 5.74) is 0. The minimum absolute atomic E-state index is 0. The number of methoxy groups -OCH3 is 1. The zero-order valence-corrected chi connectivity index (χ0v) is 5.62. The maximum absolute atomic E-state index is 4.25. The van der Waals surface area contributed by atoms with Crippen molar-refractivity contribution in [2.24, 2.45) is 0 Å². The van der Waals surface area contributed by atoms with Gasteiger partial charge in [-0.2, -0.15) is 0 Å². The summed E-state index contributed by atoms with van der Waals surface area (Å²) < 4.78 is 4.25. The number of halogens is 1. The predicted octanol–water partition coefficient (Wildman–Crippen LogP) is -2.74. The van der Waals surface area contributed by atoms with Gasteiger partial charge in [0.05, 0.1) is 0 Å². The van der Waals surface area contributed by atoms with Crippen LogP contribution in [0.3, 0.4) is 0 Å². The zero-order valence-electron chi connectivity index (χ0n) is 3.09. The number of hydrogen-bond donors (Lipinski definition) is 0. The van der Waals surface area contributed by atoms with Gasteiger partial charge in [-0.25, -0.2) is 0 Å². The van der Waals surface area contributed by atoms with Gasteiger partial charge in [0.25, 0.3) is 0 Å². The van der Waals surface area contributed by atoms with Gasteiger partial charge >= 0.3 is 17.1 Å². The molecule has 1 nitrogen and oxygen atoms in total. The summed E-state index contributed by atoms with van der Waals surface area (Å²) in [6.45, 7) is 0. The zero-order chi connectivity index (χ0) is 2.71. The van der Waals surface area contributed by atoms with Crippen LogP contribution in [0.25, 0.3) is 0 Å². The smallest absolute Gasteiger partial charge is 1.00 e. The number of rotatable bonds is 0. The molecular weight excluding hydrogens is 183 g/mol. The molecule has 0 saturated carbocycles. The molecule has 3 heteroatoms. The first kappa shape index (κ1) is 16.7. The fourth-order valence-corrected chi connectivity index (χ4v) is 0. The van der Waals surface area contributed by atoms with Crippen molar-refractivity contribution in [2.45, 2.75) is 0 Å². The molecule has 0 aromatic heterocycles. The first-order valence-corrected chi connectivity index (χ1v) is 0.816. The Morgan fingerprint density at radius 3 is 1.20 bits per heavy atom.